The fraction of sp³-hybridized carbons (Fsp3) is 0.474. The summed E-state index contributed by atoms with van der Waals surface area (Å²) in [7, 11) is -4.24. The molecule has 2 aromatic rings. The molecule has 0 spiro atoms. The maximum atomic E-state index is 11.2. The van der Waals surface area contributed by atoms with Crippen LogP contribution in [0.15, 0.2) is 29.2 Å². The summed E-state index contributed by atoms with van der Waals surface area (Å²) in [5, 5.41) is 21.1. The molecule has 0 amide bonds. The molecule has 0 fully saturated rings. The van der Waals surface area contributed by atoms with Crippen LogP contribution in [0.3, 0.4) is 0 Å². The fourth-order valence-electron chi connectivity index (χ4n) is 3.36. The van der Waals surface area contributed by atoms with Crippen LogP contribution in [0.1, 0.15) is 62.1 Å². The SMILES string of the molecule is CCCCCn1c(O)c(C)c(C(CC)c2ccc(S(=O)(=O)O)cc2)c1O. The third-order valence-electron chi connectivity index (χ3n) is 4.81. The molecule has 0 aliphatic carbocycles. The molecule has 7 heteroatoms. The van der Waals surface area contributed by atoms with Gasteiger partial charge in [0.1, 0.15) is 0 Å². The molecule has 1 atom stereocenters. The van der Waals surface area contributed by atoms with E-state index >= 15 is 0 Å². The highest BCUT2D eigenvalue weighted by Gasteiger charge is 2.26. The number of hydrogen-bond donors (Lipinski definition) is 3. The Hall–Kier alpha value is -1.99. The second-order valence-corrected chi connectivity index (χ2v) is 7.97. The number of benzene rings is 1. The zero-order valence-corrected chi connectivity index (χ0v) is 16.3. The molecule has 0 saturated carbocycles. The number of unbranched alkanes of at least 4 members (excludes halogenated alkanes) is 2. The minimum absolute atomic E-state index is 0.0572. The van der Waals surface area contributed by atoms with Crippen molar-refractivity contribution in [2.24, 2.45) is 0 Å². The van der Waals surface area contributed by atoms with Crippen LogP contribution in [-0.2, 0) is 16.7 Å². The van der Waals surface area contributed by atoms with Crippen LogP contribution < -0.4 is 0 Å². The third kappa shape index (κ3) is 4.04. The van der Waals surface area contributed by atoms with Crippen LogP contribution in [0, 0.1) is 6.92 Å². The predicted molar refractivity (Wildman–Crippen MR) is 100 cm³/mol. The summed E-state index contributed by atoms with van der Waals surface area (Å²) in [6.45, 7) is 6.38. The summed E-state index contributed by atoms with van der Waals surface area (Å²) >= 11 is 0. The first-order valence-electron chi connectivity index (χ1n) is 8.90. The summed E-state index contributed by atoms with van der Waals surface area (Å²) in [6.07, 6.45) is 3.59. The minimum atomic E-state index is -4.24. The van der Waals surface area contributed by atoms with E-state index in [1.807, 2.05) is 6.92 Å². The standard InChI is InChI=1S/C19H27NO5S/c1-4-6-7-12-20-18(21)13(3)17(19(20)22)16(5-2)14-8-10-15(11-9-14)26(23,24)25/h8-11,16,21-22H,4-7,12H2,1-3H3,(H,23,24,25). The molecule has 1 heterocycles. The van der Waals surface area contributed by atoms with Crippen molar-refractivity contribution in [1.82, 2.24) is 4.57 Å². The lowest BCUT2D eigenvalue weighted by atomic mass is 9.88. The predicted octanol–water partition coefficient (Wildman–Crippen LogP) is 4.19. The van der Waals surface area contributed by atoms with E-state index in [0.717, 1.165) is 24.8 Å². The highest BCUT2D eigenvalue weighted by molar-refractivity contribution is 7.85. The van der Waals surface area contributed by atoms with E-state index in [-0.39, 0.29) is 22.6 Å². The smallest absolute Gasteiger partial charge is 0.294 e. The van der Waals surface area contributed by atoms with E-state index in [1.54, 1.807) is 19.1 Å². The monoisotopic (exact) mass is 381 g/mol. The van der Waals surface area contributed by atoms with E-state index < -0.39 is 10.1 Å². The average molecular weight is 381 g/mol. The lowest BCUT2D eigenvalue weighted by molar-refractivity contribution is 0.359. The lowest BCUT2D eigenvalue weighted by Crippen LogP contribution is -2.03. The minimum Gasteiger partial charge on any atom is -0.494 e. The van der Waals surface area contributed by atoms with Gasteiger partial charge in [-0.05, 0) is 37.5 Å². The van der Waals surface area contributed by atoms with Gasteiger partial charge in [0, 0.05) is 23.6 Å². The fourth-order valence-corrected chi connectivity index (χ4v) is 3.84. The largest absolute Gasteiger partial charge is 0.494 e. The van der Waals surface area contributed by atoms with Gasteiger partial charge in [0.25, 0.3) is 10.1 Å². The van der Waals surface area contributed by atoms with Crippen molar-refractivity contribution in [3.63, 3.8) is 0 Å². The number of nitrogens with zero attached hydrogens (tertiary/aromatic N) is 1. The zero-order chi connectivity index (χ0) is 19.5. The van der Waals surface area contributed by atoms with Gasteiger partial charge in [0.05, 0.1) is 4.90 Å². The van der Waals surface area contributed by atoms with E-state index in [9.17, 15) is 18.6 Å². The van der Waals surface area contributed by atoms with Gasteiger partial charge < -0.3 is 10.2 Å². The van der Waals surface area contributed by atoms with Crippen molar-refractivity contribution in [3.05, 3.63) is 41.0 Å². The highest BCUT2D eigenvalue weighted by Crippen LogP contribution is 2.42. The molecular formula is C19H27NO5S. The molecule has 3 N–H and O–H groups in total. The number of rotatable bonds is 8. The van der Waals surface area contributed by atoms with Crippen molar-refractivity contribution in [3.8, 4) is 11.8 Å². The van der Waals surface area contributed by atoms with Gasteiger partial charge in [-0.25, -0.2) is 0 Å². The quantitative estimate of drug-likeness (QED) is 0.470. The van der Waals surface area contributed by atoms with Gasteiger partial charge in [0.15, 0.2) is 11.8 Å². The Morgan fingerprint density at radius 1 is 1.04 bits per heavy atom. The van der Waals surface area contributed by atoms with Gasteiger partial charge in [-0.2, -0.15) is 8.42 Å². The Kier molecular flexibility index (Phi) is 6.36. The highest BCUT2D eigenvalue weighted by atomic mass is 32.2. The van der Waals surface area contributed by atoms with Gasteiger partial charge in [-0.1, -0.05) is 38.8 Å². The van der Waals surface area contributed by atoms with Crippen LogP contribution in [0.2, 0.25) is 0 Å². The van der Waals surface area contributed by atoms with Crippen molar-refractivity contribution >= 4 is 10.1 Å². The first-order chi connectivity index (χ1) is 12.2. The summed E-state index contributed by atoms with van der Waals surface area (Å²) in [5.41, 5.74) is 2.09. The lowest BCUT2D eigenvalue weighted by Gasteiger charge is -2.17. The van der Waals surface area contributed by atoms with Gasteiger partial charge in [0.2, 0.25) is 0 Å². The van der Waals surface area contributed by atoms with Gasteiger partial charge >= 0.3 is 0 Å². The van der Waals surface area contributed by atoms with Crippen LogP contribution in [0.25, 0.3) is 0 Å². The molecule has 1 unspecified atom stereocenters. The topological polar surface area (TPSA) is 99.8 Å². The Morgan fingerprint density at radius 3 is 2.15 bits per heavy atom. The molecule has 2 rings (SSSR count). The molecule has 1 aromatic heterocycles. The number of hydrogen-bond acceptors (Lipinski definition) is 4. The van der Waals surface area contributed by atoms with Crippen molar-refractivity contribution < 1.29 is 23.2 Å². The maximum Gasteiger partial charge on any atom is 0.294 e. The Morgan fingerprint density at radius 2 is 1.65 bits per heavy atom. The Labute approximate surface area is 154 Å². The summed E-state index contributed by atoms with van der Waals surface area (Å²) in [4.78, 5) is -0.169. The van der Waals surface area contributed by atoms with E-state index in [4.69, 9.17) is 4.55 Å². The molecule has 144 valence electrons. The maximum absolute atomic E-state index is 11.2. The number of aromatic hydroxyl groups is 2. The second-order valence-electron chi connectivity index (χ2n) is 6.55. The number of aromatic nitrogens is 1. The molecule has 0 radical (unpaired) electrons. The summed E-state index contributed by atoms with van der Waals surface area (Å²) < 4.78 is 33.1. The third-order valence-corrected chi connectivity index (χ3v) is 5.68. The first kappa shape index (κ1) is 20.3. The first-order valence-corrected chi connectivity index (χ1v) is 10.3. The van der Waals surface area contributed by atoms with Crippen LogP contribution >= 0.6 is 0 Å². The van der Waals surface area contributed by atoms with Gasteiger partial charge in [-0.3, -0.25) is 9.12 Å². The average Bonchev–Trinajstić information content (AvgIpc) is 2.80. The van der Waals surface area contributed by atoms with Gasteiger partial charge in [-0.15, -0.1) is 0 Å². The molecular weight excluding hydrogens is 354 g/mol. The van der Waals surface area contributed by atoms with Crippen molar-refractivity contribution in [2.75, 3.05) is 0 Å². The van der Waals surface area contributed by atoms with E-state index in [1.165, 1.54) is 16.7 Å². The van der Waals surface area contributed by atoms with Crippen LogP contribution in [-0.4, -0.2) is 27.8 Å². The van der Waals surface area contributed by atoms with Crippen molar-refractivity contribution in [2.45, 2.75) is 63.8 Å². The van der Waals surface area contributed by atoms with E-state index in [2.05, 4.69) is 6.92 Å². The Bertz CT molecular complexity index is 853. The molecule has 0 saturated heterocycles. The second kappa shape index (κ2) is 8.14. The van der Waals surface area contributed by atoms with Crippen LogP contribution in [0.4, 0.5) is 0 Å². The normalized spacial score (nSPS) is 13.1. The molecule has 0 aliphatic heterocycles. The molecule has 0 aliphatic rings. The molecule has 1 aromatic carbocycles. The van der Waals surface area contributed by atoms with Crippen LogP contribution in [0.5, 0.6) is 11.8 Å². The summed E-state index contributed by atoms with van der Waals surface area (Å²) in [5.74, 6) is -0.0628. The zero-order valence-electron chi connectivity index (χ0n) is 15.4. The summed E-state index contributed by atoms with van der Waals surface area (Å²) in [6, 6.07) is 5.94. The van der Waals surface area contributed by atoms with E-state index in [0.29, 0.717) is 24.1 Å². The van der Waals surface area contributed by atoms with Crippen molar-refractivity contribution in [1.29, 1.82) is 0 Å². The molecule has 6 nitrogen and oxygen atoms in total. The molecule has 26 heavy (non-hydrogen) atoms. The Balaban J connectivity index is 2.42. The molecule has 0 bridgehead atoms.